The van der Waals surface area contributed by atoms with Crippen LogP contribution in [0.15, 0.2) is 52.3 Å². The summed E-state index contributed by atoms with van der Waals surface area (Å²) in [4.78, 5) is 19.6. The summed E-state index contributed by atoms with van der Waals surface area (Å²) in [7, 11) is 0. The molecule has 0 saturated carbocycles. The molecule has 0 spiro atoms. The number of hydrogen-bond donors (Lipinski definition) is 0. The fraction of sp³-hybridized carbons (Fsp3) is 0.200. The Bertz CT molecular complexity index is 1160. The maximum Gasteiger partial charge on any atom is 0.230 e. The SMILES string of the molecule is CCn1c(SCc2csc(N(C(C)=O)c3cccc(Cl)c3)n2)nnc1-c1cccs1. The Morgan fingerprint density at radius 2 is 2.10 bits per heavy atom. The monoisotopic (exact) mass is 475 g/mol. The molecule has 0 radical (unpaired) electrons. The molecular weight excluding hydrogens is 458 g/mol. The van der Waals surface area contributed by atoms with Gasteiger partial charge in [0.2, 0.25) is 5.91 Å². The van der Waals surface area contributed by atoms with Gasteiger partial charge in [0.15, 0.2) is 16.1 Å². The molecule has 0 unspecified atom stereocenters. The van der Waals surface area contributed by atoms with E-state index < -0.39 is 0 Å². The van der Waals surface area contributed by atoms with Crippen LogP contribution in [0.25, 0.3) is 10.7 Å². The number of carbonyl (C=O) groups excluding carboxylic acids is 1. The van der Waals surface area contributed by atoms with Crippen LogP contribution in [0.5, 0.6) is 0 Å². The quantitative estimate of drug-likeness (QED) is 0.301. The zero-order valence-corrected chi connectivity index (χ0v) is 19.5. The third-order valence-electron chi connectivity index (χ3n) is 4.24. The van der Waals surface area contributed by atoms with Gasteiger partial charge in [0.25, 0.3) is 0 Å². The molecule has 3 aromatic heterocycles. The van der Waals surface area contributed by atoms with Crippen molar-refractivity contribution in [1.29, 1.82) is 0 Å². The number of hydrogen-bond acceptors (Lipinski definition) is 7. The number of benzene rings is 1. The summed E-state index contributed by atoms with van der Waals surface area (Å²) in [5.74, 6) is 1.41. The van der Waals surface area contributed by atoms with E-state index in [1.54, 1.807) is 40.1 Å². The van der Waals surface area contributed by atoms with Crippen molar-refractivity contribution < 1.29 is 4.79 Å². The highest BCUT2D eigenvalue weighted by Crippen LogP contribution is 2.33. The topological polar surface area (TPSA) is 63.9 Å². The molecule has 0 aliphatic heterocycles. The summed E-state index contributed by atoms with van der Waals surface area (Å²) < 4.78 is 2.11. The number of thiophene rings is 1. The van der Waals surface area contributed by atoms with Gasteiger partial charge in [-0.1, -0.05) is 35.5 Å². The first-order valence-electron chi connectivity index (χ1n) is 9.17. The lowest BCUT2D eigenvalue weighted by atomic mass is 10.3. The van der Waals surface area contributed by atoms with Gasteiger partial charge in [-0.25, -0.2) is 4.98 Å². The van der Waals surface area contributed by atoms with E-state index in [4.69, 9.17) is 11.6 Å². The van der Waals surface area contributed by atoms with Crippen LogP contribution < -0.4 is 4.90 Å². The summed E-state index contributed by atoms with van der Waals surface area (Å²) in [6.07, 6.45) is 0. The molecule has 1 amide bonds. The summed E-state index contributed by atoms with van der Waals surface area (Å²) in [6, 6.07) is 11.3. The largest absolute Gasteiger partial charge is 0.302 e. The summed E-state index contributed by atoms with van der Waals surface area (Å²) in [5, 5.41) is 14.8. The minimum Gasteiger partial charge on any atom is -0.302 e. The van der Waals surface area contributed by atoms with Crippen molar-refractivity contribution in [3.8, 4) is 10.7 Å². The maximum absolute atomic E-state index is 12.3. The Morgan fingerprint density at radius 3 is 2.80 bits per heavy atom. The standard InChI is InChI=1S/C20H18ClN5OS3/c1-3-25-18(17-8-5-9-28-17)23-24-20(25)30-12-15-11-29-19(22-15)26(13(2)27)16-7-4-6-14(21)10-16/h4-11H,3,12H2,1-2H3. The van der Waals surface area contributed by atoms with Crippen LogP contribution in [-0.4, -0.2) is 25.7 Å². The third-order valence-corrected chi connectivity index (χ3v) is 7.21. The van der Waals surface area contributed by atoms with Crippen molar-refractivity contribution in [2.24, 2.45) is 0 Å². The Balaban J connectivity index is 1.52. The average molecular weight is 476 g/mol. The van der Waals surface area contributed by atoms with Crippen molar-refractivity contribution in [1.82, 2.24) is 19.7 Å². The van der Waals surface area contributed by atoms with Crippen molar-refractivity contribution in [2.45, 2.75) is 31.3 Å². The highest BCUT2D eigenvalue weighted by atomic mass is 35.5. The lowest BCUT2D eigenvalue weighted by Crippen LogP contribution is -2.22. The van der Waals surface area contributed by atoms with E-state index in [2.05, 4.69) is 26.7 Å². The van der Waals surface area contributed by atoms with Crippen LogP contribution in [0.4, 0.5) is 10.8 Å². The molecule has 0 bridgehead atoms. The third kappa shape index (κ3) is 4.44. The molecule has 0 aliphatic carbocycles. The Morgan fingerprint density at radius 1 is 1.23 bits per heavy atom. The van der Waals surface area contributed by atoms with Gasteiger partial charge in [-0.15, -0.1) is 32.9 Å². The van der Waals surface area contributed by atoms with E-state index in [-0.39, 0.29) is 5.91 Å². The highest BCUT2D eigenvalue weighted by Gasteiger charge is 2.19. The van der Waals surface area contributed by atoms with E-state index in [1.807, 2.05) is 35.0 Å². The van der Waals surface area contributed by atoms with Crippen LogP contribution >= 0.6 is 46.0 Å². The number of rotatable bonds is 7. The number of aromatic nitrogens is 4. The first-order valence-corrected chi connectivity index (χ1v) is 12.3. The molecule has 154 valence electrons. The molecule has 0 aliphatic rings. The Kier molecular flexibility index (Phi) is 6.52. The number of nitrogens with zero attached hydrogens (tertiary/aromatic N) is 5. The zero-order valence-electron chi connectivity index (χ0n) is 16.3. The Labute approximate surface area is 191 Å². The van der Waals surface area contributed by atoms with Crippen LogP contribution in [-0.2, 0) is 17.1 Å². The van der Waals surface area contributed by atoms with Gasteiger partial charge in [-0.05, 0) is 36.6 Å². The summed E-state index contributed by atoms with van der Waals surface area (Å²) >= 11 is 10.8. The maximum atomic E-state index is 12.3. The van der Waals surface area contributed by atoms with E-state index >= 15 is 0 Å². The van der Waals surface area contributed by atoms with Gasteiger partial charge in [0.05, 0.1) is 16.3 Å². The number of anilines is 2. The molecule has 30 heavy (non-hydrogen) atoms. The first kappa shape index (κ1) is 21.0. The van der Waals surface area contributed by atoms with Crippen molar-refractivity contribution >= 4 is 62.8 Å². The van der Waals surface area contributed by atoms with E-state index in [0.29, 0.717) is 21.6 Å². The van der Waals surface area contributed by atoms with E-state index in [1.165, 1.54) is 18.3 Å². The number of thiazole rings is 1. The molecule has 6 nitrogen and oxygen atoms in total. The number of thioether (sulfide) groups is 1. The van der Waals surface area contributed by atoms with Gasteiger partial charge in [0, 0.05) is 29.6 Å². The molecule has 4 rings (SSSR count). The van der Waals surface area contributed by atoms with Gasteiger partial charge < -0.3 is 4.57 Å². The second kappa shape index (κ2) is 9.30. The van der Waals surface area contributed by atoms with Crippen LogP contribution in [0.3, 0.4) is 0 Å². The van der Waals surface area contributed by atoms with Crippen LogP contribution in [0, 0.1) is 0 Å². The normalized spacial score (nSPS) is 11.0. The van der Waals surface area contributed by atoms with E-state index in [0.717, 1.165) is 28.1 Å². The first-order chi connectivity index (χ1) is 14.6. The summed E-state index contributed by atoms with van der Waals surface area (Å²) in [6.45, 7) is 4.39. The number of carbonyl (C=O) groups is 1. The lowest BCUT2D eigenvalue weighted by Gasteiger charge is -2.18. The average Bonchev–Trinajstić information content (AvgIpc) is 3.46. The van der Waals surface area contributed by atoms with Crippen LogP contribution in [0.2, 0.25) is 5.02 Å². The molecule has 0 saturated heterocycles. The summed E-state index contributed by atoms with van der Waals surface area (Å²) in [5.41, 5.74) is 1.59. The molecule has 0 N–H and O–H groups in total. The molecule has 0 atom stereocenters. The lowest BCUT2D eigenvalue weighted by molar-refractivity contribution is -0.115. The van der Waals surface area contributed by atoms with E-state index in [9.17, 15) is 4.79 Å². The molecular formula is C20H18ClN5OS3. The Hall–Kier alpha value is -2.20. The number of amides is 1. The second-order valence-electron chi connectivity index (χ2n) is 6.27. The fourth-order valence-electron chi connectivity index (χ4n) is 2.91. The molecule has 0 fully saturated rings. The second-order valence-corrected chi connectivity index (χ2v) is 9.44. The van der Waals surface area contributed by atoms with Crippen LogP contribution in [0.1, 0.15) is 19.5 Å². The van der Waals surface area contributed by atoms with Gasteiger partial charge in [-0.3, -0.25) is 9.69 Å². The van der Waals surface area contributed by atoms with Crippen molar-refractivity contribution in [3.05, 3.63) is 57.9 Å². The predicted molar refractivity (Wildman–Crippen MR) is 125 cm³/mol. The van der Waals surface area contributed by atoms with Gasteiger partial charge in [0.1, 0.15) is 0 Å². The minimum atomic E-state index is -0.114. The smallest absolute Gasteiger partial charge is 0.230 e. The van der Waals surface area contributed by atoms with Crippen molar-refractivity contribution in [3.63, 3.8) is 0 Å². The van der Waals surface area contributed by atoms with Gasteiger partial charge in [-0.2, -0.15) is 0 Å². The molecule has 3 heterocycles. The highest BCUT2D eigenvalue weighted by molar-refractivity contribution is 7.98. The van der Waals surface area contributed by atoms with Crippen molar-refractivity contribution in [2.75, 3.05) is 4.90 Å². The number of halogens is 1. The molecule has 1 aromatic carbocycles. The molecule has 4 aromatic rings. The fourth-order valence-corrected chi connectivity index (χ4v) is 5.70. The molecule has 10 heteroatoms. The predicted octanol–water partition coefficient (Wildman–Crippen LogP) is 6.11. The van der Waals surface area contributed by atoms with Gasteiger partial charge >= 0.3 is 0 Å². The minimum absolute atomic E-state index is 0.114. The zero-order chi connectivity index (χ0) is 21.1.